The first-order valence-corrected chi connectivity index (χ1v) is 17.0. The first-order valence-electron chi connectivity index (χ1n) is 11.2. The molecular weight excluding hydrogens is 574 g/mol. The largest absolute Gasteiger partial charge is 0.672 e. The van der Waals surface area contributed by atoms with E-state index in [2.05, 4.69) is 59.9 Å². The fourth-order valence-electron chi connectivity index (χ4n) is 4.90. The van der Waals surface area contributed by atoms with Crippen LogP contribution in [-0.2, 0) is 41.0 Å². The van der Waals surface area contributed by atoms with Gasteiger partial charge in [0.2, 0.25) is 0 Å². The molecule has 0 saturated heterocycles. The van der Waals surface area contributed by atoms with Gasteiger partial charge in [-0.2, -0.15) is 0 Å². The summed E-state index contributed by atoms with van der Waals surface area (Å²) in [6.45, 7) is 0.279. The monoisotopic (exact) mass is 605 g/mol. The Labute approximate surface area is 218 Å². The molecule has 7 heteroatoms. The summed E-state index contributed by atoms with van der Waals surface area (Å²) in [4.78, 5) is 3.91. The van der Waals surface area contributed by atoms with E-state index in [0.717, 1.165) is 5.69 Å². The van der Waals surface area contributed by atoms with E-state index >= 15 is 0 Å². The molecule has 0 bridgehead atoms. The first-order chi connectivity index (χ1) is 16.1. The molecule has 2 aromatic carbocycles. The summed E-state index contributed by atoms with van der Waals surface area (Å²) in [6, 6.07) is 19.4. The van der Waals surface area contributed by atoms with Crippen LogP contribution in [-0.4, -0.2) is 10.6 Å². The number of rotatable bonds is 2. The van der Waals surface area contributed by atoms with Crippen molar-refractivity contribution in [3.8, 4) is 0 Å². The Balaban J connectivity index is 0.000000233. The van der Waals surface area contributed by atoms with Crippen molar-refractivity contribution in [2.45, 2.75) is 56.6 Å². The summed E-state index contributed by atoms with van der Waals surface area (Å²) in [5, 5.41) is 1.41. The topological polar surface area (TPSA) is 36.7 Å². The van der Waals surface area contributed by atoms with Crippen LogP contribution in [0.3, 0.4) is 0 Å². The van der Waals surface area contributed by atoms with E-state index in [1.807, 2.05) is 18.2 Å². The van der Waals surface area contributed by atoms with Crippen LogP contribution in [0.1, 0.15) is 58.7 Å². The second-order valence-corrected chi connectivity index (χ2v) is 12.5. The maximum atomic E-state index is 6.88. The summed E-state index contributed by atoms with van der Waals surface area (Å²) in [5.74, 6) is 0.551. The van der Waals surface area contributed by atoms with Crippen LogP contribution in [0, 0.1) is 0 Å². The molecular formula is C26H31Cl2N2P2Ru-. The smallest absolute Gasteiger partial charge is 0.0270 e. The maximum absolute atomic E-state index is 6.88. The third-order valence-electron chi connectivity index (χ3n) is 6.39. The molecule has 2 aliphatic rings. The standard InChI is InChI=1S/C20H24P2.C6H7N2.2ClH.Ru/c21-17-11-9-13-5-1-3-7-15(13)19(17)20-16-8-4-2-6-14(16)10-12-18(20)22;7-5-6-3-1-2-4-8-6;;;/h1,3,5,7,10,12,17,19H,2,4,6,8-9,11,21-22H2;1-4,7H,5H2;2*1H;/q;-1;;;+2/p-2/t17-,19+;;;;/m1..../s1. The Bertz CT molecular complexity index is 1020. The number of hydrogen-bond acceptors (Lipinski definition) is 1. The second kappa shape index (κ2) is 14.2. The van der Waals surface area contributed by atoms with Gasteiger partial charge in [-0.3, -0.25) is 4.98 Å². The van der Waals surface area contributed by atoms with Gasteiger partial charge in [0.1, 0.15) is 0 Å². The molecule has 0 aliphatic heterocycles. The van der Waals surface area contributed by atoms with E-state index in [1.54, 1.807) is 34.0 Å². The Morgan fingerprint density at radius 3 is 2.36 bits per heavy atom. The van der Waals surface area contributed by atoms with Gasteiger partial charge in [-0.1, -0.05) is 42.5 Å². The van der Waals surface area contributed by atoms with Crippen LogP contribution in [0.2, 0.25) is 0 Å². The van der Waals surface area contributed by atoms with E-state index in [-0.39, 0.29) is 21.7 Å². The number of pyridine rings is 1. The van der Waals surface area contributed by atoms with Crippen molar-refractivity contribution in [3.63, 3.8) is 0 Å². The van der Waals surface area contributed by atoms with Crippen molar-refractivity contribution in [3.05, 3.63) is 100 Å². The van der Waals surface area contributed by atoms with Gasteiger partial charge in [0.25, 0.3) is 0 Å². The first kappa shape index (κ1) is 27.2. The van der Waals surface area contributed by atoms with E-state index < -0.39 is 0 Å². The van der Waals surface area contributed by atoms with Crippen LogP contribution >= 0.6 is 37.9 Å². The molecule has 0 saturated carbocycles. The molecule has 1 aromatic heterocycles. The number of benzene rings is 2. The van der Waals surface area contributed by atoms with Crippen molar-refractivity contribution in [1.29, 1.82) is 0 Å². The fourth-order valence-corrected chi connectivity index (χ4v) is 5.92. The van der Waals surface area contributed by atoms with Gasteiger partial charge in [-0.15, -0.1) is 25.0 Å². The molecule has 0 amide bonds. The van der Waals surface area contributed by atoms with Gasteiger partial charge in [0.05, 0.1) is 0 Å². The van der Waals surface area contributed by atoms with Gasteiger partial charge in [0.15, 0.2) is 0 Å². The zero-order valence-corrected chi connectivity index (χ0v) is 24.1. The van der Waals surface area contributed by atoms with Crippen LogP contribution in [0.4, 0.5) is 0 Å². The van der Waals surface area contributed by atoms with E-state index in [4.69, 9.17) is 25.1 Å². The van der Waals surface area contributed by atoms with Crippen molar-refractivity contribution in [2.75, 3.05) is 0 Å². The molecule has 2 nitrogen and oxygen atoms in total. The fraction of sp³-hybridized carbons (Fsp3) is 0.346. The molecule has 0 spiro atoms. The SMILES string of the molecule is Pc1ccc2c(c1[C@H]1c3ccccc3CC[C@H]1P)CCCC2.[Cl][Ru][Cl].[NH-]Cc1ccccn1. The summed E-state index contributed by atoms with van der Waals surface area (Å²) >= 11 is -0.346. The van der Waals surface area contributed by atoms with Gasteiger partial charge >= 0.3 is 34.5 Å². The van der Waals surface area contributed by atoms with Crippen molar-refractivity contribution >= 4 is 43.2 Å². The second-order valence-electron chi connectivity index (χ2n) is 8.34. The number of halogens is 2. The minimum absolute atomic E-state index is 0.279. The Morgan fingerprint density at radius 1 is 0.939 bits per heavy atom. The Hall–Kier alpha value is -0.387. The van der Waals surface area contributed by atoms with E-state index in [1.165, 1.54) is 43.8 Å². The zero-order valence-electron chi connectivity index (χ0n) is 18.6. The van der Waals surface area contributed by atoms with Gasteiger partial charge in [0, 0.05) is 17.8 Å². The summed E-state index contributed by atoms with van der Waals surface area (Å²) in [6.07, 6.45) is 9.44. The van der Waals surface area contributed by atoms with Crippen molar-refractivity contribution in [2.24, 2.45) is 0 Å². The minimum atomic E-state index is -0.346. The summed E-state index contributed by atoms with van der Waals surface area (Å²) in [7, 11) is 15.9. The summed E-state index contributed by atoms with van der Waals surface area (Å²) < 4.78 is 0. The van der Waals surface area contributed by atoms with Crippen LogP contribution in [0.25, 0.3) is 5.73 Å². The average molecular weight is 605 g/mol. The maximum Gasteiger partial charge on any atom is 0.0270 e. The molecule has 2 unspecified atom stereocenters. The zero-order chi connectivity index (χ0) is 23.6. The molecule has 1 heterocycles. The van der Waals surface area contributed by atoms with Gasteiger partial charge < -0.3 is 5.73 Å². The molecule has 33 heavy (non-hydrogen) atoms. The number of nitrogens with one attached hydrogen (secondary N) is 1. The van der Waals surface area contributed by atoms with E-state index in [9.17, 15) is 0 Å². The Morgan fingerprint density at radius 2 is 1.67 bits per heavy atom. The van der Waals surface area contributed by atoms with E-state index in [0.29, 0.717) is 11.6 Å². The third-order valence-corrected chi connectivity index (χ3v) is 7.62. The summed E-state index contributed by atoms with van der Waals surface area (Å²) in [5.41, 5.74) is 16.4. The normalized spacial score (nSPS) is 18.7. The van der Waals surface area contributed by atoms with Crippen molar-refractivity contribution < 1.29 is 15.1 Å². The van der Waals surface area contributed by atoms with Crippen LogP contribution in [0.15, 0.2) is 60.8 Å². The predicted molar refractivity (Wildman–Crippen MR) is 147 cm³/mol. The number of aromatic nitrogens is 1. The van der Waals surface area contributed by atoms with Crippen molar-refractivity contribution in [1.82, 2.24) is 4.98 Å². The number of fused-ring (bicyclic) bond motifs is 2. The molecule has 1 N–H and O–H groups in total. The predicted octanol–water partition coefficient (Wildman–Crippen LogP) is 7.40. The number of hydrogen-bond donors (Lipinski definition) is 0. The van der Waals surface area contributed by atoms with Gasteiger partial charge in [-0.05, 0) is 89.4 Å². The molecule has 0 fully saturated rings. The molecule has 2 aliphatic carbocycles. The van der Waals surface area contributed by atoms with Gasteiger partial charge in [-0.25, -0.2) is 0 Å². The average Bonchev–Trinajstić information content (AvgIpc) is 2.86. The quantitative estimate of drug-likeness (QED) is 0.222. The Kier molecular flexibility index (Phi) is 11.7. The third kappa shape index (κ3) is 7.30. The number of aryl methyl sites for hydroxylation is 2. The molecule has 5 rings (SSSR count). The molecule has 3 aromatic rings. The van der Waals surface area contributed by atoms with Crippen LogP contribution in [0.5, 0.6) is 0 Å². The van der Waals surface area contributed by atoms with Crippen LogP contribution < -0.4 is 5.30 Å². The molecule has 178 valence electrons. The minimum Gasteiger partial charge on any atom is -0.672 e. The molecule has 0 radical (unpaired) electrons. The number of nitrogens with zero attached hydrogens (tertiary/aromatic N) is 1. The molecule has 4 atom stereocenters.